The molecule has 1 amide bonds. The maximum Gasteiger partial charge on any atom is 0.221 e. The smallest absolute Gasteiger partial charge is 0.221 e. The second kappa shape index (κ2) is 15.4. The SMILES string of the molecule is CCCNC(=O)CCNC(=NCc1ccccc1CN1CCOCC1)NCC.I. The molecule has 0 radical (unpaired) electrons. The lowest BCUT2D eigenvalue weighted by atomic mass is 10.1. The lowest BCUT2D eigenvalue weighted by molar-refractivity contribution is -0.120. The molecule has 1 heterocycles. The van der Waals surface area contributed by atoms with Crippen LogP contribution in [-0.2, 0) is 22.6 Å². The number of rotatable bonds is 10. The fraction of sp³-hybridized carbons (Fsp3) is 0.619. The van der Waals surface area contributed by atoms with E-state index in [4.69, 9.17) is 9.73 Å². The first-order valence-electron chi connectivity index (χ1n) is 10.4. The summed E-state index contributed by atoms with van der Waals surface area (Å²) in [6, 6.07) is 8.47. The van der Waals surface area contributed by atoms with E-state index >= 15 is 0 Å². The van der Waals surface area contributed by atoms with Crippen LogP contribution in [0.5, 0.6) is 0 Å². The highest BCUT2D eigenvalue weighted by molar-refractivity contribution is 14.0. The van der Waals surface area contributed by atoms with E-state index < -0.39 is 0 Å². The fourth-order valence-corrected chi connectivity index (χ4v) is 3.02. The van der Waals surface area contributed by atoms with E-state index in [1.807, 2.05) is 13.8 Å². The second-order valence-electron chi connectivity index (χ2n) is 6.88. The summed E-state index contributed by atoms with van der Waals surface area (Å²) in [6.45, 7) is 11.3. The molecule has 0 spiro atoms. The highest BCUT2D eigenvalue weighted by atomic mass is 127. The van der Waals surface area contributed by atoms with Crippen LogP contribution >= 0.6 is 24.0 Å². The predicted octanol–water partition coefficient (Wildman–Crippen LogP) is 2.11. The van der Waals surface area contributed by atoms with Gasteiger partial charge in [-0.25, -0.2) is 4.99 Å². The molecule has 0 saturated carbocycles. The van der Waals surface area contributed by atoms with Crippen LogP contribution in [0, 0.1) is 0 Å². The van der Waals surface area contributed by atoms with Crippen molar-refractivity contribution in [1.82, 2.24) is 20.9 Å². The van der Waals surface area contributed by atoms with Crippen LogP contribution in [0.1, 0.15) is 37.8 Å². The standard InChI is InChI=1S/C21H35N5O2.HI/c1-3-10-23-20(27)9-11-24-21(22-4-2)25-16-18-7-5-6-8-19(18)17-26-12-14-28-15-13-26;/h5-8H,3-4,9-17H2,1-2H3,(H,23,27)(H2,22,24,25);1H. The monoisotopic (exact) mass is 517 g/mol. The zero-order valence-electron chi connectivity index (χ0n) is 17.7. The first-order valence-corrected chi connectivity index (χ1v) is 10.4. The molecule has 0 aliphatic carbocycles. The van der Waals surface area contributed by atoms with E-state index in [2.05, 4.69) is 45.1 Å². The third kappa shape index (κ3) is 10.3. The quantitative estimate of drug-likeness (QED) is 0.252. The van der Waals surface area contributed by atoms with Crippen LogP contribution in [0.2, 0.25) is 0 Å². The molecule has 1 aliphatic rings. The Morgan fingerprint density at radius 3 is 2.48 bits per heavy atom. The Bertz CT molecular complexity index is 621. The fourth-order valence-electron chi connectivity index (χ4n) is 3.02. The predicted molar refractivity (Wildman–Crippen MR) is 129 cm³/mol. The largest absolute Gasteiger partial charge is 0.379 e. The first kappa shape index (κ1) is 25.6. The van der Waals surface area contributed by atoms with Gasteiger partial charge in [0.25, 0.3) is 0 Å². The van der Waals surface area contributed by atoms with E-state index in [-0.39, 0.29) is 29.9 Å². The maximum absolute atomic E-state index is 11.7. The third-order valence-corrected chi connectivity index (χ3v) is 4.58. The highest BCUT2D eigenvalue weighted by Gasteiger charge is 2.12. The van der Waals surface area contributed by atoms with E-state index in [1.165, 1.54) is 11.1 Å². The van der Waals surface area contributed by atoms with Gasteiger partial charge in [-0.3, -0.25) is 9.69 Å². The Morgan fingerprint density at radius 2 is 1.79 bits per heavy atom. The van der Waals surface area contributed by atoms with Gasteiger partial charge < -0.3 is 20.7 Å². The Morgan fingerprint density at radius 1 is 1.07 bits per heavy atom. The van der Waals surface area contributed by atoms with Crippen molar-refractivity contribution in [3.63, 3.8) is 0 Å². The van der Waals surface area contributed by atoms with E-state index in [9.17, 15) is 4.79 Å². The van der Waals surface area contributed by atoms with Crippen molar-refractivity contribution in [1.29, 1.82) is 0 Å². The summed E-state index contributed by atoms with van der Waals surface area (Å²) in [5.41, 5.74) is 2.54. The summed E-state index contributed by atoms with van der Waals surface area (Å²) in [4.78, 5) is 18.9. The topological polar surface area (TPSA) is 78.0 Å². The minimum absolute atomic E-state index is 0. The molecule has 0 atom stereocenters. The van der Waals surface area contributed by atoms with E-state index in [0.717, 1.165) is 58.3 Å². The number of nitrogens with one attached hydrogen (secondary N) is 3. The Kier molecular flexibility index (Phi) is 13.7. The summed E-state index contributed by atoms with van der Waals surface area (Å²) >= 11 is 0. The molecule has 0 unspecified atom stereocenters. The molecular weight excluding hydrogens is 481 g/mol. The molecule has 164 valence electrons. The van der Waals surface area contributed by atoms with Gasteiger partial charge >= 0.3 is 0 Å². The van der Waals surface area contributed by atoms with Crippen LogP contribution in [0.3, 0.4) is 0 Å². The molecule has 1 aliphatic heterocycles. The minimum atomic E-state index is 0. The number of hydrogen-bond donors (Lipinski definition) is 3. The van der Waals surface area contributed by atoms with Crippen molar-refractivity contribution >= 4 is 35.8 Å². The summed E-state index contributed by atoms with van der Waals surface area (Å²) in [5.74, 6) is 0.813. The number of halogens is 1. The van der Waals surface area contributed by atoms with E-state index in [0.29, 0.717) is 19.5 Å². The van der Waals surface area contributed by atoms with Crippen LogP contribution in [0.4, 0.5) is 0 Å². The number of carbonyl (C=O) groups is 1. The van der Waals surface area contributed by atoms with Gasteiger partial charge in [0.05, 0.1) is 19.8 Å². The van der Waals surface area contributed by atoms with Crippen molar-refractivity contribution in [2.45, 2.75) is 39.8 Å². The Balaban J connectivity index is 0.00000420. The molecule has 1 saturated heterocycles. The lowest BCUT2D eigenvalue weighted by Gasteiger charge is -2.27. The zero-order valence-corrected chi connectivity index (χ0v) is 20.0. The minimum Gasteiger partial charge on any atom is -0.379 e. The van der Waals surface area contributed by atoms with Gasteiger partial charge in [0, 0.05) is 45.7 Å². The average Bonchev–Trinajstić information content (AvgIpc) is 2.72. The van der Waals surface area contributed by atoms with Gasteiger partial charge in [0.2, 0.25) is 5.91 Å². The number of aliphatic imine (C=N–C) groups is 1. The number of morpholine rings is 1. The zero-order chi connectivity index (χ0) is 20.0. The number of nitrogens with zero attached hydrogens (tertiary/aromatic N) is 2. The summed E-state index contributed by atoms with van der Waals surface area (Å²) < 4.78 is 5.44. The number of carbonyl (C=O) groups excluding carboxylic acids is 1. The van der Waals surface area contributed by atoms with Crippen LogP contribution < -0.4 is 16.0 Å². The van der Waals surface area contributed by atoms with E-state index in [1.54, 1.807) is 0 Å². The van der Waals surface area contributed by atoms with Gasteiger partial charge in [-0.15, -0.1) is 24.0 Å². The van der Waals surface area contributed by atoms with Crippen LogP contribution in [0.25, 0.3) is 0 Å². The van der Waals surface area contributed by atoms with Crippen molar-refractivity contribution in [2.75, 3.05) is 45.9 Å². The van der Waals surface area contributed by atoms with Crippen molar-refractivity contribution < 1.29 is 9.53 Å². The molecule has 29 heavy (non-hydrogen) atoms. The number of benzene rings is 1. The molecule has 0 bridgehead atoms. The summed E-state index contributed by atoms with van der Waals surface area (Å²) in [6.07, 6.45) is 1.39. The molecule has 0 aromatic heterocycles. The van der Waals surface area contributed by atoms with Gasteiger partial charge in [0.1, 0.15) is 0 Å². The average molecular weight is 517 g/mol. The molecular formula is C21H36IN5O2. The van der Waals surface area contributed by atoms with Crippen molar-refractivity contribution in [3.8, 4) is 0 Å². The Labute approximate surface area is 192 Å². The summed E-state index contributed by atoms with van der Waals surface area (Å²) in [5, 5.41) is 9.39. The maximum atomic E-state index is 11.7. The number of guanidine groups is 1. The van der Waals surface area contributed by atoms with Gasteiger partial charge in [-0.05, 0) is 24.5 Å². The molecule has 1 aromatic rings. The molecule has 2 rings (SSSR count). The molecule has 7 nitrogen and oxygen atoms in total. The normalized spacial score (nSPS) is 14.8. The second-order valence-corrected chi connectivity index (χ2v) is 6.88. The molecule has 1 aromatic carbocycles. The molecule has 3 N–H and O–H groups in total. The highest BCUT2D eigenvalue weighted by Crippen LogP contribution is 2.14. The lowest BCUT2D eigenvalue weighted by Crippen LogP contribution is -2.39. The van der Waals surface area contributed by atoms with Crippen LogP contribution in [-0.4, -0.2) is 62.7 Å². The molecule has 8 heteroatoms. The number of ether oxygens (including phenoxy) is 1. The number of hydrogen-bond acceptors (Lipinski definition) is 4. The van der Waals surface area contributed by atoms with Crippen LogP contribution in [0.15, 0.2) is 29.3 Å². The number of amides is 1. The summed E-state index contributed by atoms with van der Waals surface area (Å²) in [7, 11) is 0. The third-order valence-electron chi connectivity index (χ3n) is 4.58. The first-order chi connectivity index (χ1) is 13.7. The van der Waals surface area contributed by atoms with Gasteiger partial charge in [-0.2, -0.15) is 0 Å². The van der Waals surface area contributed by atoms with Crippen molar-refractivity contribution in [3.05, 3.63) is 35.4 Å². The van der Waals surface area contributed by atoms with Gasteiger partial charge in [-0.1, -0.05) is 31.2 Å². The van der Waals surface area contributed by atoms with Gasteiger partial charge in [0.15, 0.2) is 5.96 Å². The molecule has 1 fully saturated rings. The Hall–Kier alpha value is -1.39. The van der Waals surface area contributed by atoms with Crippen molar-refractivity contribution in [2.24, 2.45) is 4.99 Å².